The molecule has 1 N–H and O–H groups in total. The van der Waals surface area contributed by atoms with Crippen LogP contribution in [0.15, 0.2) is 0 Å². The second-order valence-electron chi connectivity index (χ2n) is 5.46. The van der Waals surface area contributed by atoms with E-state index in [4.69, 9.17) is 4.74 Å². The van der Waals surface area contributed by atoms with Crippen molar-refractivity contribution in [3.8, 4) is 0 Å². The highest BCUT2D eigenvalue weighted by molar-refractivity contribution is 4.96. The molecule has 0 saturated heterocycles. The van der Waals surface area contributed by atoms with Crippen LogP contribution >= 0.6 is 0 Å². The monoisotopic (exact) mass is 229 g/mol. The Labute approximate surface area is 99.8 Å². The van der Waals surface area contributed by atoms with Gasteiger partial charge in [0.1, 0.15) is 0 Å². The molecule has 1 fully saturated rings. The second kappa shape index (κ2) is 5.99. The van der Waals surface area contributed by atoms with Gasteiger partial charge in [0.15, 0.2) is 0 Å². The molecular weight excluding hydrogens is 202 g/mol. The number of ether oxygens (including phenoxy) is 1. The lowest BCUT2D eigenvalue weighted by Crippen LogP contribution is -2.56. The van der Waals surface area contributed by atoms with Crippen LogP contribution in [-0.4, -0.2) is 48.5 Å². The maximum atomic E-state index is 10.4. The Morgan fingerprint density at radius 2 is 1.75 bits per heavy atom. The highest BCUT2D eigenvalue weighted by Gasteiger charge is 2.40. The number of rotatable bonds is 5. The van der Waals surface area contributed by atoms with Gasteiger partial charge >= 0.3 is 0 Å². The molecule has 0 aromatic heterocycles. The van der Waals surface area contributed by atoms with Crippen LogP contribution in [0.2, 0.25) is 0 Å². The van der Waals surface area contributed by atoms with Crippen LogP contribution in [0.4, 0.5) is 0 Å². The maximum Gasteiger partial charge on any atom is 0.0956 e. The molecule has 0 aromatic rings. The second-order valence-corrected chi connectivity index (χ2v) is 5.46. The van der Waals surface area contributed by atoms with E-state index in [2.05, 4.69) is 19.0 Å². The fraction of sp³-hybridized carbons (Fsp3) is 1.00. The molecule has 0 radical (unpaired) electrons. The van der Waals surface area contributed by atoms with Gasteiger partial charge in [0, 0.05) is 5.54 Å². The topological polar surface area (TPSA) is 32.7 Å². The van der Waals surface area contributed by atoms with E-state index in [9.17, 15) is 5.11 Å². The smallest absolute Gasteiger partial charge is 0.0956 e. The molecule has 0 spiro atoms. The van der Waals surface area contributed by atoms with Crippen LogP contribution in [0.1, 0.15) is 46.0 Å². The first-order valence-electron chi connectivity index (χ1n) is 6.46. The quantitative estimate of drug-likeness (QED) is 0.783. The minimum Gasteiger partial charge on any atom is -0.389 e. The van der Waals surface area contributed by atoms with E-state index >= 15 is 0 Å². The number of likely N-dealkylation sites (N-methyl/N-ethyl adjacent to an activating group) is 1. The third-order valence-electron chi connectivity index (χ3n) is 3.82. The van der Waals surface area contributed by atoms with E-state index in [1.54, 1.807) is 0 Å². The van der Waals surface area contributed by atoms with E-state index in [1.165, 1.54) is 19.3 Å². The Morgan fingerprint density at radius 1 is 1.19 bits per heavy atom. The van der Waals surface area contributed by atoms with Crippen LogP contribution in [0, 0.1) is 0 Å². The first-order chi connectivity index (χ1) is 7.49. The minimum absolute atomic E-state index is 0.0624. The third kappa shape index (κ3) is 3.19. The number of hydrogen-bond acceptors (Lipinski definition) is 3. The molecule has 96 valence electrons. The molecule has 16 heavy (non-hydrogen) atoms. The van der Waals surface area contributed by atoms with Crippen LogP contribution < -0.4 is 0 Å². The van der Waals surface area contributed by atoms with Crippen LogP contribution in [0.5, 0.6) is 0 Å². The predicted molar refractivity (Wildman–Crippen MR) is 66.6 cm³/mol. The molecule has 0 amide bonds. The minimum atomic E-state index is -0.370. The van der Waals surface area contributed by atoms with Crippen molar-refractivity contribution in [1.29, 1.82) is 0 Å². The van der Waals surface area contributed by atoms with Gasteiger partial charge in [0.2, 0.25) is 0 Å². The summed E-state index contributed by atoms with van der Waals surface area (Å²) in [4.78, 5) is 2.19. The molecule has 1 atom stereocenters. The average molecular weight is 229 g/mol. The highest BCUT2D eigenvalue weighted by atomic mass is 16.5. The van der Waals surface area contributed by atoms with Crippen LogP contribution in [0.25, 0.3) is 0 Å². The van der Waals surface area contributed by atoms with E-state index < -0.39 is 0 Å². The molecule has 3 nitrogen and oxygen atoms in total. The van der Waals surface area contributed by atoms with Crippen molar-refractivity contribution in [2.45, 2.75) is 63.7 Å². The molecule has 1 rings (SSSR count). The lowest BCUT2D eigenvalue weighted by Gasteiger charge is -2.46. The van der Waals surface area contributed by atoms with Gasteiger partial charge < -0.3 is 14.7 Å². The van der Waals surface area contributed by atoms with Crippen molar-refractivity contribution in [1.82, 2.24) is 4.90 Å². The molecule has 1 aliphatic carbocycles. The van der Waals surface area contributed by atoms with Crippen molar-refractivity contribution >= 4 is 0 Å². The molecule has 1 saturated carbocycles. The van der Waals surface area contributed by atoms with Crippen molar-refractivity contribution in [3.05, 3.63) is 0 Å². The molecule has 0 aromatic carbocycles. The average Bonchev–Trinajstić information content (AvgIpc) is 2.26. The highest BCUT2D eigenvalue weighted by Crippen LogP contribution is 2.35. The van der Waals surface area contributed by atoms with Gasteiger partial charge in [-0.2, -0.15) is 0 Å². The van der Waals surface area contributed by atoms with E-state index in [-0.39, 0.29) is 17.7 Å². The predicted octanol–water partition coefficient (Wildman–Crippen LogP) is 2.04. The maximum absolute atomic E-state index is 10.4. The zero-order chi connectivity index (χ0) is 12.2. The number of aliphatic hydroxyl groups is 1. The normalized spacial score (nSPS) is 22.7. The van der Waals surface area contributed by atoms with Crippen molar-refractivity contribution in [3.63, 3.8) is 0 Å². The van der Waals surface area contributed by atoms with Gasteiger partial charge in [-0.15, -0.1) is 0 Å². The van der Waals surface area contributed by atoms with Gasteiger partial charge in [-0.3, -0.25) is 0 Å². The summed E-state index contributed by atoms with van der Waals surface area (Å²) in [6, 6.07) is 0. The molecular formula is C13H27NO2. The lowest BCUT2D eigenvalue weighted by atomic mass is 9.77. The van der Waals surface area contributed by atoms with Crippen LogP contribution in [0.3, 0.4) is 0 Å². The summed E-state index contributed by atoms with van der Waals surface area (Å²) < 4.78 is 5.56. The molecule has 0 aliphatic heterocycles. The van der Waals surface area contributed by atoms with Gasteiger partial charge in [-0.1, -0.05) is 19.3 Å². The first-order valence-corrected chi connectivity index (χ1v) is 6.46. The van der Waals surface area contributed by atoms with Crippen molar-refractivity contribution in [2.24, 2.45) is 0 Å². The fourth-order valence-corrected chi connectivity index (χ4v) is 2.68. The summed E-state index contributed by atoms with van der Waals surface area (Å²) in [5.41, 5.74) is -0.0624. The SMILES string of the molecule is CC(C)OCC(O)C1(N(C)C)CCCCC1. The van der Waals surface area contributed by atoms with E-state index in [0.717, 1.165) is 12.8 Å². The Kier molecular flexibility index (Phi) is 5.22. The first kappa shape index (κ1) is 13.9. The fourth-order valence-electron chi connectivity index (χ4n) is 2.68. The number of aliphatic hydroxyl groups excluding tert-OH is 1. The van der Waals surface area contributed by atoms with Gasteiger partial charge in [0.05, 0.1) is 18.8 Å². The summed E-state index contributed by atoms with van der Waals surface area (Å²) in [6.07, 6.45) is 5.73. The Bertz CT molecular complexity index is 198. The van der Waals surface area contributed by atoms with Gasteiger partial charge in [-0.05, 0) is 40.8 Å². The molecule has 0 bridgehead atoms. The van der Waals surface area contributed by atoms with Crippen LogP contribution in [-0.2, 0) is 4.74 Å². The molecule has 3 heteroatoms. The molecule has 1 unspecified atom stereocenters. The van der Waals surface area contributed by atoms with Gasteiger partial charge in [-0.25, -0.2) is 0 Å². The zero-order valence-corrected chi connectivity index (χ0v) is 11.2. The van der Waals surface area contributed by atoms with E-state index in [1.807, 2.05) is 13.8 Å². The zero-order valence-electron chi connectivity index (χ0n) is 11.2. The molecule has 1 aliphatic rings. The lowest BCUT2D eigenvalue weighted by molar-refractivity contribution is -0.0841. The third-order valence-corrected chi connectivity index (χ3v) is 3.82. The summed E-state index contributed by atoms with van der Waals surface area (Å²) in [7, 11) is 4.15. The van der Waals surface area contributed by atoms with Crippen molar-refractivity contribution < 1.29 is 9.84 Å². The standard InChI is InChI=1S/C13H27NO2/c1-11(2)16-10-12(15)13(14(3)4)8-6-5-7-9-13/h11-12,15H,5-10H2,1-4H3. The Balaban J connectivity index is 2.61. The number of nitrogens with zero attached hydrogens (tertiary/aromatic N) is 1. The summed E-state index contributed by atoms with van der Waals surface area (Å²) in [5.74, 6) is 0. The Morgan fingerprint density at radius 3 is 2.19 bits per heavy atom. The summed E-state index contributed by atoms with van der Waals surface area (Å²) in [6.45, 7) is 4.47. The Hall–Kier alpha value is -0.120. The summed E-state index contributed by atoms with van der Waals surface area (Å²) in [5, 5.41) is 10.4. The van der Waals surface area contributed by atoms with Crippen molar-refractivity contribution in [2.75, 3.05) is 20.7 Å². The largest absolute Gasteiger partial charge is 0.389 e. The number of hydrogen-bond donors (Lipinski definition) is 1. The van der Waals surface area contributed by atoms with E-state index in [0.29, 0.717) is 6.61 Å². The molecule has 0 heterocycles. The summed E-state index contributed by atoms with van der Waals surface area (Å²) >= 11 is 0. The van der Waals surface area contributed by atoms with Gasteiger partial charge in [0.25, 0.3) is 0 Å².